The van der Waals surface area contributed by atoms with E-state index >= 15 is 0 Å². The lowest BCUT2D eigenvalue weighted by Crippen LogP contribution is -2.27. The number of hydrogen-bond acceptors (Lipinski definition) is 5. The summed E-state index contributed by atoms with van der Waals surface area (Å²) in [6.45, 7) is 0. The van der Waals surface area contributed by atoms with Crippen molar-refractivity contribution in [2.75, 3.05) is 32.0 Å². The first kappa shape index (κ1) is 23.8. The van der Waals surface area contributed by atoms with Gasteiger partial charge in [-0.15, -0.1) is 0 Å². The summed E-state index contributed by atoms with van der Waals surface area (Å²) in [5.41, 5.74) is 0.268. The smallest absolute Gasteiger partial charge is 0.416 e. The van der Waals surface area contributed by atoms with Crippen molar-refractivity contribution in [2.45, 2.75) is 12.2 Å². The fourth-order valence-electron chi connectivity index (χ4n) is 3.26. The van der Waals surface area contributed by atoms with Crippen LogP contribution < -0.4 is 24.8 Å². The number of carbonyl (C=O) groups excluding carboxylic acids is 1. The monoisotopic (exact) mass is 460 g/mol. The summed E-state index contributed by atoms with van der Waals surface area (Å²) in [7, 11) is 4.41. The number of ether oxygens (including phenoxy) is 3. The van der Waals surface area contributed by atoms with E-state index in [-0.39, 0.29) is 5.69 Å². The standard InChI is InChI=1S/C24H23F3N2O4/c1-31-19-13-18(14-20(32-2)22(19)33-3)28-21(15-8-5-4-6-9-15)23(30)29-17-11-7-10-16(12-17)24(25,26)27/h4-14,21,28H,1-3H3,(H,29,30). The molecule has 33 heavy (non-hydrogen) atoms. The van der Waals surface area contributed by atoms with Crippen molar-refractivity contribution in [1.29, 1.82) is 0 Å². The number of amides is 1. The molecule has 0 aliphatic carbocycles. The molecule has 0 saturated carbocycles. The average molecular weight is 460 g/mol. The summed E-state index contributed by atoms with van der Waals surface area (Å²) < 4.78 is 55.2. The van der Waals surface area contributed by atoms with Gasteiger partial charge in [0.1, 0.15) is 6.04 Å². The van der Waals surface area contributed by atoms with Gasteiger partial charge in [-0.1, -0.05) is 36.4 Å². The number of methoxy groups -OCH3 is 3. The van der Waals surface area contributed by atoms with E-state index < -0.39 is 23.7 Å². The summed E-state index contributed by atoms with van der Waals surface area (Å²) in [6.07, 6.45) is -4.52. The summed E-state index contributed by atoms with van der Waals surface area (Å²) in [5.74, 6) is 0.596. The van der Waals surface area contributed by atoms with Gasteiger partial charge in [0.15, 0.2) is 11.5 Å². The van der Waals surface area contributed by atoms with E-state index in [2.05, 4.69) is 10.6 Å². The Hall–Kier alpha value is -3.88. The molecule has 174 valence electrons. The Bertz CT molecular complexity index is 1080. The van der Waals surface area contributed by atoms with Gasteiger partial charge >= 0.3 is 6.18 Å². The maximum atomic E-state index is 13.2. The molecule has 0 heterocycles. The van der Waals surface area contributed by atoms with Gasteiger partial charge in [-0.05, 0) is 23.8 Å². The first-order chi connectivity index (χ1) is 15.8. The number of carbonyl (C=O) groups is 1. The lowest BCUT2D eigenvalue weighted by Gasteiger charge is -2.22. The van der Waals surface area contributed by atoms with Gasteiger partial charge in [0, 0.05) is 23.5 Å². The highest BCUT2D eigenvalue weighted by Crippen LogP contribution is 2.41. The number of benzene rings is 3. The van der Waals surface area contributed by atoms with E-state index in [4.69, 9.17) is 14.2 Å². The predicted molar refractivity (Wildman–Crippen MR) is 119 cm³/mol. The molecule has 1 atom stereocenters. The molecule has 0 fully saturated rings. The van der Waals surface area contributed by atoms with Crippen molar-refractivity contribution < 1.29 is 32.2 Å². The van der Waals surface area contributed by atoms with E-state index in [0.29, 0.717) is 28.5 Å². The van der Waals surface area contributed by atoms with Crippen LogP contribution in [0.4, 0.5) is 24.5 Å². The Labute approximate surface area is 189 Å². The number of rotatable bonds is 8. The summed E-state index contributed by atoms with van der Waals surface area (Å²) in [4.78, 5) is 13.2. The maximum absolute atomic E-state index is 13.2. The Morgan fingerprint density at radius 1 is 0.818 bits per heavy atom. The topological polar surface area (TPSA) is 68.8 Å². The molecule has 6 nitrogen and oxygen atoms in total. The lowest BCUT2D eigenvalue weighted by atomic mass is 10.0. The molecule has 0 aromatic heterocycles. The summed E-state index contributed by atoms with van der Waals surface area (Å²) >= 11 is 0. The minimum Gasteiger partial charge on any atom is -0.493 e. The van der Waals surface area contributed by atoms with Crippen LogP contribution in [-0.2, 0) is 11.0 Å². The summed E-state index contributed by atoms with van der Waals surface area (Å²) in [5, 5.41) is 5.68. The van der Waals surface area contributed by atoms with Crippen LogP contribution in [0, 0.1) is 0 Å². The highest BCUT2D eigenvalue weighted by atomic mass is 19.4. The molecule has 0 aliphatic heterocycles. The van der Waals surface area contributed by atoms with Gasteiger partial charge in [-0.2, -0.15) is 13.2 Å². The van der Waals surface area contributed by atoms with E-state index in [0.717, 1.165) is 12.1 Å². The minimum atomic E-state index is -4.52. The second-order valence-corrected chi connectivity index (χ2v) is 6.97. The van der Waals surface area contributed by atoms with Crippen molar-refractivity contribution >= 4 is 17.3 Å². The number of halogens is 3. The Morgan fingerprint density at radius 3 is 2.00 bits per heavy atom. The van der Waals surface area contributed by atoms with Crippen LogP contribution in [0.5, 0.6) is 17.2 Å². The van der Waals surface area contributed by atoms with Crippen LogP contribution in [-0.4, -0.2) is 27.2 Å². The van der Waals surface area contributed by atoms with Gasteiger partial charge in [-0.3, -0.25) is 4.79 Å². The van der Waals surface area contributed by atoms with Crippen LogP contribution in [0.25, 0.3) is 0 Å². The molecule has 3 aromatic rings. The first-order valence-electron chi connectivity index (χ1n) is 9.86. The Kier molecular flexibility index (Phi) is 7.32. The molecule has 0 bridgehead atoms. The van der Waals surface area contributed by atoms with Crippen LogP contribution in [0.3, 0.4) is 0 Å². The molecule has 2 N–H and O–H groups in total. The number of nitrogens with one attached hydrogen (secondary N) is 2. The molecule has 3 aromatic carbocycles. The Balaban J connectivity index is 1.95. The zero-order valence-electron chi connectivity index (χ0n) is 18.2. The quantitative estimate of drug-likeness (QED) is 0.463. The third kappa shape index (κ3) is 5.68. The first-order valence-corrected chi connectivity index (χ1v) is 9.86. The summed E-state index contributed by atoms with van der Waals surface area (Å²) in [6, 6.07) is 15.6. The zero-order valence-corrected chi connectivity index (χ0v) is 18.2. The van der Waals surface area contributed by atoms with Crippen molar-refractivity contribution in [3.8, 4) is 17.2 Å². The second-order valence-electron chi connectivity index (χ2n) is 6.97. The number of hydrogen-bond donors (Lipinski definition) is 2. The van der Waals surface area contributed by atoms with Crippen molar-refractivity contribution in [1.82, 2.24) is 0 Å². The van der Waals surface area contributed by atoms with E-state index in [1.807, 2.05) is 0 Å². The fourth-order valence-corrected chi connectivity index (χ4v) is 3.26. The molecular weight excluding hydrogens is 437 g/mol. The molecule has 3 rings (SSSR count). The maximum Gasteiger partial charge on any atom is 0.416 e. The second kappa shape index (κ2) is 10.2. The van der Waals surface area contributed by atoms with Crippen LogP contribution in [0.1, 0.15) is 17.2 Å². The third-order valence-corrected chi connectivity index (χ3v) is 4.83. The van der Waals surface area contributed by atoms with Crippen LogP contribution in [0.15, 0.2) is 66.7 Å². The SMILES string of the molecule is COc1cc(NC(C(=O)Nc2cccc(C(F)(F)F)c2)c2ccccc2)cc(OC)c1OC. The Morgan fingerprint density at radius 2 is 1.45 bits per heavy atom. The van der Waals surface area contributed by atoms with Crippen LogP contribution in [0.2, 0.25) is 0 Å². The molecular formula is C24H23F3N2O4. The molecule has 0 saturated heterocycles. The molecule has 0 aliphatic rings. The highest BCUT2D eigenvalue weighted by Gasteiger charge is 2.31. The third-order valence-electron chi connectivity index (χ3n) is 4.83. The van der Waals surface area contributed by atoms with Crippen molar-refractivity contribution in [3.63, 3.8) is 0 Å². The average Bonchev–Trinajstić information content (AvgIpc) is 2.81. The number of alkyl halides is 3. The van der Waals surface area contributed by atoms with E-state index in [1.165, 1.54) is 33.5 Å². The van der Waals surface area contributed by atoms with Crippen LogP contribution >= 0.6 is 0 Å². The minimum absolute atomic E-state index is 0.0300. The molecule has 1 unspecified atom stereocenters. The van der Waals surface area contributed by atoms with E-state index in [9.17, 15) is 18.0 Å². The van der Waals surface area contributed by atoms with Gasteiger partial charge < -0.3 is 24.8 Å². The molecule has 9 heteroatoms. The van der Waals surface area contributed by atoms with E-state index in [1.54, 1.807) is 42.5 Å². The molecule has 0 spiro atoms. The lowest BCUT2D eigenvalue weighted by molar-refractivity contribution is -0.137. The normalized spacial score (nSPS) is 11.9. The van der Waals surface area contributed by atoms with Gasteiger partial charge in [0.25, 0.3) is 5.91 Å². The van der Waals surface area contributed by atoms with Crippen molar-refractivity contribution in [3.05, 3.63) is 77.9 Å². The van der Waals surface area contributed by atoms with Gasteiger partial charge in [0.05, 0.1) is 26.9 Å². The largest absolute Gasteiger partial charge is 0.493 e. The van der Waals surface area contributed by atoms with Gasteiger partial charge in [-0.25, -0.2) is 0 Å². The van der Waals surface area contributed by atoms with Crippen molar-refractivity contribution in [2.24, 2.45) is 0 Å². The number of anilines is 2. The molecule has 1 amide bonds. The predicted octanol–water partition coefficient (Wildman–Crippen LogP) is 5.52. The molecule has 0 radical (unpaired) electrons. The van der Waals surface area contributed by atoms with Gasteiger partial charge in [0.2, 0.25) is 5.75 Å². The zero-order chi connectivity index (χ0) is 24.0. The fraction of sp³-hybridized carbons (Fsp3) is 0.208. The highest BCUT2D eigenvalue weighted by molar-refractivity contribution is 5.97.